The number of halogens is 1. The van der Waals surface area contributed by atoms with E-state index < -0.39 is 0 Å². The minimum absolute atomic E-state index is 0. The summed E-state index contributed by atoms with van der Waals surface area (Å²) < 4.78 is 0. The van der Waals surface area contributed by atoms with E-state index in [4.69, 9.17) is 0 Å². The van der Waals surface area contributed by atoms with Crippen LogP contribution in [0.25, 0.3) is 0 Å². The summed E-state index contributed by atoms with van der Waals surface area (Å²) in [6.07, 6.45) is 0. The Kier molecular flexibility index (Phi) is 5.69. The van der Waals surface area contributed by atoms with Crippen LogP contribution in [-0.4, -0.2) is 55.5 Å². The second kappa shape index (κ2) is 7.79. The predicted octanol–water partition coefficient (Wildman–Crippen LogP) is 3.49. The van der Waals surface area contributed by atoms with Gasteiger partial charge < -0.3 is 4.90 Å². The van der Waals surface area contributed by atoms with Gasteiger partial charge in [0.2, 0.25) is 5.91 Å². The zero-order valence-electron chi connectivity index (χ0n) is 14.2. The fourth-order valence-corrected chi connectivity index (χ4v) is 4.30. The van der Waals surface area contributed by atoms with Crippen molar-refractivity contribution >= 4 is 41.5 Å². The van der Waals surface area contributed by atoms with Gasteiger partial charge in [0.1, 0.15) is 0 Å². The Hall–Kier alpha value is -1.53. The molecule has 0 spiro atoms. The number of amides is 1. The van der Waals surface area contributed by atoms with Gasteiger partial charge in [0, 0.05) is 36.0 Å². The molecule has 0 aliphatic carbocycles. The standard InChI is InChI=1S/C19H21N3OS.ClH/c1-20-10-12-21(13-11-20)14-19(23)22-15-6-2-4-8-17(15)24-18-9-5-3-7-16(18)22;/h2-9H,10-14H2,1H3;1H. The zero-order chi connectivity index (χ0) is 16.5. The minimum atomic E-state index is 0. The van der Waals surface area contributed by atoms with Gasteiger partial charge >= 0.3 is 0 Å². The number of fused-ring (bicyclic) bond motifs is 2. The zero-order valence-corrected chi connectivity index (χ0v) is 15.9. The van der Waals surface area contributed by atoms with E-state index in [1.54, 1.807) is 11.8 Å². The monoisotopic (exact) mass is 375 g/mol. The first-order valence-electron chi connectivity index (χ1n) is 8.32. The molecule has 2 aliphatic rings. The molecule has 6 heteroatoms. The number of rotatable bonds is 2. The van der Waals surface area contributed by atoms with Crippen LogP contribution in [0.15, 0.2) is 58.3 Å². The van der Waals surface area contributed by atoms with Gasteiger partial charge in [-0.1, -0.05) is 36.0 Å². The lowest BCUT2D eigenvalue weighted by Gasteiger charge is -2.35. The summed E-state index contributed by atoms with van der Waals surface area (Å²) in [5.41, 5.74) is 2.00. The molecule has 0 radical (unpaired) electrons. The van der Waals surface area contributed by atoms with Crippen LogP contribution in [0, 0.1) is 0 Å². The number of likely N-dealkylation sites (N-methyl/N-ethyl adjacent to an activating group) is 1. The van der Waals surface area contributed by atoms with Crippen molar-refractivity contribution in [1.82, 2.24) is 9.80 Å². The SMILES string of the molecule is CN1CCN(CC(=O)N2c3ccccc3Sc3ccccc32)CC1.Cl. The number of carbonyl (C=O) groups is 1. The number of anilines is 2. The van der Waals surface area contributed by atoms with E-state index in [2.05, 4.69) is 29.0 Å². The summed E-state index contributed by atoms with van der Waals surface area (Å²) in [4.78, 5) is 21.9. The van der Waals surface area contributed by atoms with Crippen molar-refractivity contribution in [2.45, 2.75) is 9.79 Å². The number of hydrogen-bond acceptors (Lipinski definition) is 4. The second-order valence-corrected chi connectivity index (χ2v) is 7.43. The topological polar surface area (TPSA) is 26.8 Å². The molecule has 132 valence electrons. The van der Waals surface area contributed by atoms with Crippen LogP contribution in [0.5, 0.6) is 0 Å². The molecule has 1 amide bonds. The van der Waals surface area contributed by atoms with Gasteiger partial charge in [0.15, 0.2) is 0 Å². The lowest BCUT2D eigenvalue weighted by molar-refractivity contribution is -0.119. The predicted molar refractivity (Wildman–Crippen MR) is 105 cm³/mol. The molecular formula is C19H22ClN3OS. The van der Waals surface area contributed by atoms with E-state index in [9.17, 15) is 4.79 Å². The molecular weight excluding hydrogens is 354 g/mol. The largest absolute Gasteiger partial charge is 0.304 e. The normalized spacial score (nSPS) is 17.4. The molecule has 2 aromatic rings. The highest BCUT2D eigenvalue weighted by molar-refractivity contribution is 7.99. The average Bonchev–Trinajstić information content (AvgIpc) is 2.61. The summed E-state index contributed by atoms with van der Waals surface area (Å²) in [5.74, 6) is 0.153. The molecule has 4 nitrogen and oxygen atoms in total. The van der Waals surface area contributed by atoms with Gasteiger partial charge in [-0.05, 0) is 31.3 Å². The summed E-state index contributed by atoms with van der Waals surface area (Å²) in [6, 6.07) is 16.3. The highest BCUT2D eigenvalue weighted by atomic mass is 35.5. The van der Waals surface area contributed by atoms with Crippen molar-refractivity contribution in [3.63, 3.8) is 0 Å². The summed E-state index contributed by atoms with van der Waals surface area (Å²) in [6.45, 7) is 4.43. The smallest absolute Gasteiger partial charge is 0.245 e. The molecule has 4 rings (SSSR count). The first kappa shape index (κ1) is 18.3. The molecule has 0 unspecified atom stereocenters. The van der Waals surface area contributed by atoms with Crippen molar-refractivity contribution in [3.8, 4) is 0 Å². The first-order chi connectivity index (χ1) is 11.7. The lowest BCUT2D eigenvalue weighted by atomic mass is 10.2. The van der Waals surface area contributed by atoms with Crippen LogP contribution < -0.4 is 4.90 Å². The van der Waals surface area contributed by atoms with Crippen LogP contribution in [0.1, 0.15) is 0 Å². The summed E-state index contributed by atoms with van der Waals surface area (Å²) in [5, 5.41) is 0. The van der Waals surface area contributed by atoms with E-state index in [0.717, 1.165) is 47.3 Å². The quantitative estimate of drug-likeness (QED) is 0.802. The fourth-order valence-electron chi connectivity index (χ4n) is 3.24. The number of benzene rings is 2. The molecule has 0 bridgehead atoms. The van der Waals surface area contributed by atoms with Crippen molar-refractivity contribution in [1.29, 1.82) is 0 Å². The molecule has 2 aliphatic heterocycles. The maximum atomic E-state index is 13.1. The van der Waals surface area contributed by atoms with Gasteiger partial charge in [-0.15, -0.1) is 12.4 Å². The molecule has 1 fully saturated rings. The fraction of sp³-hybridized carbons (Fsp3) is 0.316. The van der Waals surface area contributed by atoms with E-state index in [1.165, 1.54) is 0 Å². The third-order valence-electron chi connectivity index (χ3n) is 4.64. The van der Waals surface area contributed by atoms with Crippen LogP contribution in [0.4, 0.5) is 11.4 Å². The third-order valence-corrected chi connectivity index (χ3v) is 5.77. The Balaban J connectivity index is 0.00000182. The maximum absolute atomic E-state index is 13.1. The Morgan fingerprint density at radius 3 is 2.00 bits per heavy atom. The summed E-state index contributed by atoms with van der Waals surface area (Å²) in [7, 11) is 2.13. The van der Waals surface area contributed by atoms with E-state index in [-0.39, 0.29) is 18.3 Å². The van der Waals surface area contributed by atoms with Crippen molar-refractivity contribution in [2.24, 2.45) is 0 Å². The number of nitrogens with zero attached hydrogens (tertiary/aromatic N) is 3. The first-order valence-corrected chi connectivity index (χ1v) is 9.14. The lowest BCUT2D eigenvalue weighted by Crippen LogP contribution is -2.48. The Morgan fingerprint density at radius 2 is 1.44 bits per heavy atom. The maximum Gasteiger partial charge on any atom is 0.245 e. The highest BCUT2D eigenvalue weighted by Crippen LogP contribution is 2.47. The molecule has 2 aromatic carbocycles. The molecule has 0 atom stereocenters. The Bertz CT molecular complexity index is 716. The van der Waals surface area contributed by atoms with E-state index >= 15 is 0 Å². The van der Waals surface area contributed by atoms with Gasteiger partial charge in [0.05, 0.1) is 17.9 Å². The van der Waals surface area contributed by atoms with Crippen molar-refractivity contribution < 1.29 is 4.79 Å². The third kappa shape index (κ3) is 3.70. The van der Waals surface area contributed by atoms with Crippen LogP contribution in [0.2, 0.25) is 0 Å². The molecule has 0 saturated carbocycles. The van der Waals surface area contributed by atoms with Gasteiger partial charge in [-0.25, -0.2) is 0 Å². The van der Waals surface area contributed by atoms with E-state index in [0.29, 0.717) is 6.54 Å². The molecule has 2 heterocycles. The Labute approximate surface area is 159 Å². The number of para-hydroxylation sites is 2. The highest BCUT2D eigenvalue weighted by Gasteiger charge is 2.29. The van der Waals surface area contributed by atoms with Crippen molar-refractivity contribution in [2.75, 3.05) is 44.7 Å². The Morgan fingerprint density at radius 1 is 0.920 bits per heavy atom. The van der Waals surface area contributed by atoms with E-state index in [1.807, 2.05) is 41.3 Å². The van der Waals surface area contributed by atoms with Gasteiger partial charge in [-0.3, -0.25) is 14.6 Å². The van der Waals surface area contributed by atoms with Gasteiger partial charge in [0.25, 0.3) is 0 Å². The van der Waals surface area contributed by atoms with Crippen molar-refractivity contribution in [3.05, 3.63) is 48.5 Å². The minimum Gasteiger partial charge on any atom is -0.304 e. The summed E-state index contributed by atoms with van der Waals surface area (Å²) >= 11 is 1.74. The van der Waals surface area contributed by atoms with Crippen LogP contribution >= 0.6 is 24.2 Å². The molecule has 0 aromatic heterocycles. The number of piperazine rings is 1. The molecule has 25 heavy (non-hydrogen) atoms. The average molecular weight is 376 g/mol. The number of hydrogen-bond donors (Lipinski definition) is 0. The second-order valence-electron chi connectivity index (χ2n) is 6.35. The molecule has 0 N–H and O–H groups in total. The van der Waals surface area contributed by atoms with Crippen LogP contribution in [0.3, 0.4) is 0 Å². The number of carbonyl (C=O) groups excluding carboxylic acids is 1. The van der Waals surface area contributed by atoms with Crippen LogP contribution in [-0.2, 0) is 4.79 Å². The molecule has 1 saturated heterocycles. The van der Waals surface area contributed by atoms with Gasteiger partial charge in [-0.2, -0.15) is 0 Å².